The number of amides is 1. The first-order chi connectivity index (χ1) is 15.0. The monoisotopic (exact) mass is 416 g/mol. The molecule has 0 unspecified atom stereocenters. The predicted octanol–water partition coefficient (Wildman–Crippen LogP) is 2.64. The van der Waals surface area contributed by atoms with Gasteiger partial charge in [0.2, 0.25) is 5.88 Å². The van der Waals surface area contributed by atoms with Gasteiger partial charge in [-0.3, -0.25) is 4.79 Å². The van der Waals surface area contributed by atoms with E-state index in [-0.39, 0.29) is 17.8 Å². The van der Waals surface area contributed by atoms with Crippen molar-refractivity contribution >= 4 is 5.91 Å². The first-order valence-electron chi connectivity index (χ1n) is 10.2. The van der Waals surface area contributed by atoms with Crippen LogP contribution in [0.2, 0.25) is 0 Å². The molecule has 1 aliphatic heterocycles. The Labute approximate surface area is 180 Å². The SMILES string of the molecule is Cc1cc(C#N)ccc1-c1cnn(-c2ccc(C(=O)NC3CCN(C)CC3)cn2)c1O. The highest BCUT2D eigenvalue weighted by molar-refractivity contribution is 5.94. The van der Waals surface area contributed by atoms with Gasteiger partial charge in [-0.1, -0.05) is 6.07 Å². The van der Waals surface area contributed by atoms with Crippen molar-refractivity contribution < 1.29 is 9.90 Å². The molecule has 0 bridgehead atoms. The van der Waals surface area contributed by atoms with Crippen LogP contribution in [0.1, 0.15) is 34.3 Å². The lowest BCUT2D eigenvalue weighted by atomic mass is 10.0. The molecule has 2 N–H and O–H groups in total. The summed E-state index contributed by atoms with van der Waals surface area (Å²) < 4.78 is 1.33. The van der Waals surface area contributed by atoms with Gasteiger partial charge < -0.3 is 15.3 Å². The summed E-state index contributed by atoms with van der Waals surface area (Å²) in [5.41, 5.74) is 3.23. The molecule has 1 amide bonds. The largest absolute Gasteiger partial charge is 0.493 e. The molecule has 8 heteroatoms. The van der Waals surface area contributed by atoms with Gasteiger partial charge in [0, 0.05) is 12.2 Å². The lowest BCUT2D eigenvalue weighted by Gasteiger charge is -2.29. The third kappa shape index (κ3) is 4.27. The smallest absolute Gasteiger partial charge is 0.253 e. The molecule has 1 aliphatic rings. The van der Waals surface area contributed by atoms with Crippen LogP contribution in [-0.2, 0) is 0 Å². The van der Waals surface area contributed by atoms with Gasteiger partial charge in [0.05, 0.1) is 29.0 Å². The number of hydrogen-bond acceptors (Lipinski definition) is 6. The van der Waals surface area contributed by atoms with E-state index in [4.69, 9.17) is 5.26 Å². The van der Waals surface area contributed by atoms with Crippen molar-refractivity contribution in [3.05, 3.63) is 59.4 Å². The van der Waals surface area contributed by atoms with E-state index in [2.05, 4.69) is 33.4 Å². The molecular formula is C23H24N6O2. The molecule has 4 rings (SSSR count). The predicted molar refractivity (Wildman–Crippen MR) is 116 cm³/mol. The van der Waals surface area contributed by atoms with Crippen LogP contribution in [0.3, 0.4) is 0 Å². The van der Waals surface area contributed by atoms with Crippen LogP contribution in [0.4, 0.5) is 0 Å². The highest BCUT2D eigenvalue weighted by atomic mass is 16.3. The van der Waals surface area contributed by atoms with E-state index in [1.807, 2.05) is 6.92 Å². The van der Waals surface area contributed by atoms with Gasteiger partial charge in [-0.15, -0.1) is 0 Å². The summed E-state index contributed by atoms with van der Waals surface area (Å²) in [7, 11) is 2.08. The second kappa shape index (κ2) is 8.58. The molecule has 0 saturated carbocycles. The lowest BCUT2D eigenvalue weighted by Crippen LogP contribution is -2.43. The minimum absolute atomic E-state index is 0.0520. The molecule has 0 spiro atoms. The molecule has 31 heavy (non-hydrogen) atoms. The molecule has 8 nitrogen and oxygen atoms in total. The number of nitrogens with one attached hydrogen (secondary N) is 1. The first-order valence-corrected chi connectivity index (χ1v) is 10.2. The summed E-state index contributed by atoms with van der Waals surface area (Å²) in [5.74, 6) is 0.210. The number of nitriles is 1. The molecule has 0 atom stereocenters. The quantitative estimate of drug-likeness (QED) is 0.677. The van der Waals surface area contributed by atoms with Crippen molar-refractivity contribution in [2.75, 3.05) is 20.1 Å². The molecule has 1 fully saturated rings. The molecule has 2 aromatic heterocycles. The zero-order valence-corrected chi connectivity index (χ0v) is 17.5. The number of piperidine rings is 1. The number of rotatable bonds is 4. The Balaban J connectivity index is 1.51. The molecule has 158 valence electrons. The number of pyridine rings is 1. The zero-order chi connectivity index (χ0) is 22.0. The van der Waals surface area contributed by atoms with Crippen molar-refractivity contribution in [3.8, 4) is 28.9 Å². The summed E-state index contributed by atoms with van der Waals surface area (Å²) in [5, 5.41) is 27.1. The summed E-state index contributed by atoms with van der Waals surface area (Å²) in [6.07, 6.45) is 4.93. The fourth-order valence-electron chi connectivity index (χ4n) is 3.80. The number of aromatic nitrogens is 3. The van der Waals surface area contributed by atoms with Crippen LogP contribution < -0.4 is 5.32 Å². The Morgan fingerprint density at radius 3 is 2.61 bits per heavy atom. The van der Waals surface area contributed by atoms with Gasteiger partial charge in [-0.05, 0) is 75.3 Å². The first kappa shape index (κ1) is 20.6. The highest BCUT2D eigenvalue weighted by Gasteiger charge is 2.20. The van der Waals surface area contributed by atoms with Crippen molar-refractivity contribution in [2.45, 2.75) is 25.8 Å². The van der Waals surface area contributed by atoms with Gasteiger partial charge in [-0.2, -0.15) is 15.0 Å². The van der Waals surface area contributed by atoms with E-state index in [0.29, 0.717) is 22.5 Å². The number of aromatic hydroxyl groups is 1. The van der Waals surface area contributed by atoms with E-state index in [9.17, 15) is 9.90 Å². The summed E-state index contributed by atoms with van der Waals surface area (Å²) in [4.78, 5) is 19.1. The van der Waals surface area contributed by atoms with Crippen LogP contribution in [0.5, 0.6) is 5.88 Å². The third-order valence-electron chi connectivity index (χ3n) is 5.67. The van der Waals surface area contributed by atoms with Gasteiger partial charge in [0.1, 0.15) is 0 Å². The van der Waals surface area contributed by atoms with Crippen LogP contribution in [-0.4, -0.2) is 56.9 Å². The zero-order valence-electron chi connectivity index (χ0n) is 17.5. The topological polar surface area (TPSA) is 107 Å². The standard InChI is InChI=1S/C23H24N6O2/c1-15-11-16(12-24)3-5-19(15)20-14-26-29(23(20)31)21-6-4-17(13-25-21)22(30)27-18-7-9-28(2)10-8-18/h3-6,11,13-14,18,31H,7-10H2,1-2H3,(H,27,30). The maximum atomic E-state index is 12.5. The Kier molecular flexibility index (Phi) is 5.69. The number of nitrogens with zero attached hydrogens (tertiary/aromatic N) is 5. The molecule has 1 saturated heterocycles. The van der Waals surface area contributed by atoms with Crippen LogP contribution >= 0.6 is 0 Å². The summed E-state index contributed by atoms with van der Waals surface area (Å²) in [6, 6.07) is 10.9. The van der Waals surface area contributed by atoms with E-state index in [1.54, 1.807) is 36.5 Å². The van der Waals surface area contributed by atoms with Crippen LogP contribution in [0.15, 0.2) is 42.7 Å². The van der Waals surface area contributed by atoms with Crippen molar-refractivity contribution in [3.63, 3.8) is 0 Å². The Morgan fingerprint density at radius 1 is 1.19 bits per heavy atom. The van der Waals surface area contributed by atoms with Crippen LogP contribution in [0.25, 0.3) is 16.9 Å². The summed E-state index contributed by atoms with van der Waals surface area (Å²) in [6.45, 7) is 3.83. The molecule has 0 aliphatic carbocycles. The second-order valence-corrected chi connectivity index (χ2v) is 7.89. The number of aryl methyl sites for hydroxylation is 1. The van der Waals surface area contributed by atoms with Crippen molar-refractivity contribution in [2.24, 2.45) is 0 Å². The van der Waals surface area contributed by atoms with Crippen molar-refractivity contribution in [1.29, 1.82) is 5.26 Å². The minimum Gasteiger partial charge on any atom is -0.493 e. The third-order valence-corrected chi connectivity index (χ3v) is 5.67. The fraction of sp³-hybridized carbons (Fsp3) is 0.304. The van der Waals surface area contributed by atoms with Gasteiger partial charge in [0.15, 0.2) is 5.82 Å². The molecule has 0 radical (unpaired) electrons. The van der Waals surface area contributed by atoms with Gasteiger partial charge >= 0.3 is 0 Å². The Hall–Kier alpha value is -3.70. The molecule has 3 heterocycles. The highest BCUT2D eigenvalue weighted by Crippen LogP contribution is 2.33. The average molecular weight is 416 g/mol. The number of likely N-dealkylation sites (tertiary alicyclic amines) is 1. The number of carbonyl (C=O) groups is 1. The van der Waals surface area contributed by atoms with Crippen LogP contribution in [0, 0.1) is 18.3 Å². The van der Waals surface area contributed by atoms with E-state index in [1.165, 1.54) is 10.9 Å². The average Bonchev–Trinajstić information content (AvgIpc) is 3.16. The maximum absolute atomic E-state index is 12.5. The Morgan fingerprint density at radius 2 is 1.97 bits per heavy atom. The Bertz CT molecular complexity index is 1140. The number of carbonyl (C=O) groups excluding carboxylic acids is 1. The van der Waals surface area contributed by atoms with Gasteiger partial charge in [-0.25, -0.2) is 4.98 Å². The second-order valence-electron chi connectivity index (χ2n) is 7.89. The molecule has 3 aromatic rings. The van der Waals surface area contributed by atoms with E-state index >= 15 is 0 Å². The fourth-order valence-corrected chi connectivity index (χ4v) is 3.80. The molecule has 1 aromatic carbocycles. The van der Waals surface area contributed by atoms with Crippen molar-refractivity contribution in [1.82, 2.24) is 25.0 Å². The van der Waals surface area contributed by atoms with E-state index < -0.39 is 0 Å². The van der Waals surface area contributed by atoms with Gasteiger partial charge in [0.25, 0.3) is 5.91 Å². The number of hydrogen-bond donors (Lipinski definition) is 2. The number of benzene rings is 1. The maximum Gasteiger partial charge on any atom is 0.253 e. The lowest BCUT2D eigenvalue weighted by molar-refractivity contribution is 0.0916. The molecular weight excluding hydrogens is 392 g/mol. The normalized spacial score (nSPS) is 14.9. The minimum atomic E-state index is -0.146. The van der Waals surface area contributed by atoms with E-state index in [0.717, 1.165) is 37.1 Å². The summed E-state index contributed by atoms with van der Waals surface area (Å²) >= 11 is 0.